The van der Waals surface area contributed by atoms with Gasteiger partial charge in [-0.1, -0.05) is 0 Å². The van der Waals surface area contributed by atoms with Gasteiger partial charge in [0, 0.05) is 18.7 Å². The van der Waals surface area contributed by atoms with Crippen molar-refractivity contribution in [2.45, 2.75) is 19.2 Å². The molecule has 1 unspecified atom stereocenters. The quantitative estimate of drug-likeness (QED) is 0.340. The molecule has 1 aromatic rings. The number of rotatable bonds is 7. The van der Waals surface area contributed by atoms with E-state index in [0.717, 1.165) is 0 Å². The molecule has 0 saturated heterocycles. The van der Waals surface area contributed by atoms with Gasteiger partial charge in [-0.25, -0.2) is 4.79 Å². The van der Waals surface area contributed by atoms with Crippen LogP contribution in [-0.2, 0) is 9.53 Å². The SMILES string of the molecule is CCOC(=O)Oc1ccc(C(=O)NCCNC(=O)C(C)Cl)cc1. The number of benzene rings is 1. The second kappa shape index (κ2) is 9.68. The molecule has 0 radical (unpaired) electrons. The van der Waals surface area contributed by atoms with Crippen molar-refractivity contribution < 1.29 is 23.9 Å². The first-order chi connectivity index (χ1) is 10.9. The minimum atomic E-state index is -0.797. The van der Waals surface area contributed by atoms with Gasteiger partial charge in [-0.3, -0.25) is 9.59 Å². The van der Waals surface area contributed by atoms with Crippen molar-refractivity contribution in [2.24, 2.45) is 0 Å². The zero-order valence-electron chi connectivity index (χ0n) is 12.9. The van der Waals surface area contributed by atoms with Crippen LogP contribution in [0.2, 0.25) is 0 Å². The van der Waals surface area contributed by atoms with Crippen LogP contribution in [0.15, 0.2) is 24.3 Å². The Bertz CT molecular complexity index is 545. The summed E-state index contributed by atoms with van der Waals surface area (Å²) in [5, 5.41) is 4.61. The molecule has 7 nitrogen and oxygen atoms in total. The average molecular weight is 343 g/mol. The number of hydrogen-bond donors (Lipinski definition) is 2. The third-order valence-electron chi connectivity index (χ3n) is 2.65. The number of carbonyl (C=O) groups excluding carboxylic acids is 3. The fourth-order valence-electron chi connectivity index (χ4n) is 1.52. The molecular formula is C15H19ClN2O5. The number of carbonyl (C=O) groups is 3. The highest BCUT2D eigenvalue weighted by atomic mass is 35.5. The summed E-state index contributed by atoms with van der Waals surface area (Å²) in [5.41, 5.74) is 0.401. The van der Waals surface area contributed by atoms with Gasteiger partial charge in [0.25, 0.3) is 5.91 Å². The van der Waals surface area contributed by atoms with Gasteiger partial charge in [-0.05, 0) is 38.1 Å². The lowest BCUT2D eigenvalue weighted by molar-refractivity contribution is -0.120. The topological polar surface area (TPSA) is 93.7 Å². The standard InChI is InChI=1S/C15H19ClN2O5/c1-3-22-15(21)23-12-6-4-11(5-7-12)14(20)18-9-8-17-13(19)10(2)16/h4-7,10H,3,8-9H2,1-2H3,(H,17,19)(H,18,20). The Morgan fingerprint density at radius 3 is 2.30 bits per heavy atom. The first-order valence-electron chi connectivity index (χ1n) is 7.08. The monoisotopic (exact) mass is 342 g/mol. The smallest absolute Gasteiger partial charge is 0.434 e. The Morgan fingerprint density at radius 1 is 1.13 bits per heavy atom. The summed E-state index contributed by atoms with van der Waals surface area (Å²) in [7, 11) is 0. The van der Waals surface area contributed by atoms with E-state index < -0.39 is 11.5 Å². The zero-order chi connectivity index (χ0) is 17.2. The summed E-state index contributed by atoms with van der Waals surface area (Å²) < 4.78 is 9.52. The Labute approximate surface area is 139 Å². The molecule has 0 fully saturated rings. The van der Waals surface area contributed by atoms with Crippen molar-refractivity contribution in [3.8, 4) is 5.75 Å². The highest BCUT2D eigenvalue weighted by molar-refractivity contribution is 6.30. The molecule has 1 aromatic carbocycles. The zero-order valence-corrected chi connectivity index (χ0v) is 13.7. The molecule has 2 amide bonds. The summed E-state index contributed by atoms with van der Waals surface area (Å²) in [6.07, 6.45) is -0.797. The minimum Gasteiger partial charge on any atom is -0.434 e. The van der Waals surface area contributed by atoms with E-state index in [4.69, 9.17) is 16.3 Å². The highest BCUT2D eigenvalue weighted by Crippen LogP contribution is 2.12. The van der Waals surface area contributed by atoms with Gasteiger partial charge < -0.3 is 20.1 Å². The van der Waals surface area contributed by atoms with E-state index in [1.807, 2.05) is 0 Å². The second-order valence-corrected chi connectivity index (χ2v) is 5.13. The second-order valence-electron chi connectivity index (χ2n) is 4.47. The summed E-state index contributed by atoms with van der Waals surface area (Å²) >= 11 is 5.59. The minimum absolute atomic E-state index is 0.221. The number of amides is 2. The lowest BCUT2D eigenvalue weighted by Gasteiger charge is -2.08. The molecule has 23 heavy (non-hydrogen) atoms. The van der Waals surface area contributed by atoms with Gasteiger partial charge in [0.05, 0.1) is 6.61 Å². The van der Waals surface area contributed by atoms with Gasteiger partial charge in [0.1, 0.15) is 11.1 Å². The van der Waals surface area contributed by atoms with E-state index in [9.17, 15) is 14.4 Å². The van der Waals surface area contributed by atoms with E-state index in [1.165, 1.54) is 24.3 Å². The predicted molar refractivity (Wildman–Crippen MR) is 84.7 cm³/mol. The van der Waals surface area contributed by atoms with Crippen LogP contribution in [0.5, 0.6) is 5.75 Å². The van der Waals surface area contributed by atoms with Crippen molar-refractivity contribution in [3.63, 3.8) is 0 Å². The van der Waals surface area contributed by atoms with Crippen LogP contribution in [-0.4, -0.2) is 43.0 Å². The van der Waals surface area contributed by atoms with E-state index in [-0.39, 0.29) is 37.3 Å². The van der Waals surface area contributed by atoms with Gasteiger partial charge in [0.15, 0.2) is 0 Å². The van der Waals surface area contributed by atoms with Crippen LogP contribution in [0.25, 0.3) is 0 Å². The van der Waals surface area contributed by atoms with Gasteiger partial charge >= 0.3 is 6.16 Å². The Morgan fingerprint density at radius 2 is 1.74 bits per heavy atom. The lowest BCUT2D eigenvalue weighted by Crippen LogP contribution is -2.37. The van der Waals surface area contributed by atoms with Crippen molar-refractivity contribution in [1.82, 2.24) is 10.6 Å². The molecule has 1 atom stereocenters. The molecule has 0 bridgehead atoms. The average Bonchev–Trinajstić information content (AvgIpc) is 2.51. The molecule has 0 aliphatic rings. The number of nitrogens with one attached hydrogen (secondary N) is 2. The van der Waals surface area contributed by atoms with Gasteiger partial charge in [-0.2, -0.15) is 0 Å². The number of alkyl halides is 1. The first kappa shape index (κ1) is 18.8. The van der Waals surface area contributed by atoms with E-state index in [2.05, 4.69) is 15.4 Å². The fourth-order valence-corrected chi connectivity index (χ4v) is 1.60. The molecule has 0 saturated carbocycles. The number of hydrogen-bond acceptors (Lipinski definition) is 5. The van der Waals surface area contributed by atoms with Crippen molar-refractivity contribution in [3.05, 3.63) is 29.8 Å². The first-order valence-corrected chi connectivity index (χ1v) is 7.52. The van der Waals surface area contributed by atoms with E-state index >= 15 is 0 Å². The molecule has 0 aliphatic heterocycles. The maximum Gasteiger partial charge on any atom is 0.513 e. The summed E-state index contributed by atoms with van der Waals surface area (Å²) in [6, 6.07) is 6.01. The molecule has 0 heterocycles. The van der Waals surface area contributed by atoms with Crippen molar-refractivity contribution in [2.75, 3.05) is 19.7 Å². The summed E-state index contributed by atoms with van der Waals surface area (Å²) in [5.74, 6) is -0.314. The van der Waals surface area contributed by atoms with Gasteiger partial charge in [-0.15, -0.1) is 11.6 Å². The molecule has 0 aromatic heterocycles. The van der Waals surface area contributed by atoms with Crippen molar-refractivity contribution in [1.29, 1.82) is 0 Å². The maximum atomic E-state index is 11.9. The van der Waals surface area contributed by atoms with Crippen LogP contribution in [0.1, 0.15) is 24.2 Å². The summed E-state index contributed by atoms with van der Waals surface area (Å²) in [4.78, 5) is 34.2. The third kappa shape index (κ3) is 7.01. The predicted octanol–water partition coefficient (Wildman–Crippen LogP) is 1.70. The van der Waals surface area contributed by atoms with Crippen LogP contribution in [0.3, 0.4) is 0 Å². The normalized spacial score (nSPS) is 11.3. The Hall–Kier alpha value is -2.28. The Balaban J connectivity index is 2.39. The van der Waals surface area contributed by atoms with Crippen molar-refractivity contribution >= 4 is 29.6 Å². The fraction of sp³-hybridized carbons (Fsp3) is 0.400. The molecule has 0 aliphatic carbocycles. The van der Waals surface area contributed by atoms with Gasteiger partial charge in [0.2, 0.25) is 5.91 Å². The molecule has 8 heteroatoms. The van der Waals surface area contributed by atoms with Crippen LogP contribution < -0.4 is 15.4 Å². The molecule has 1 rings (SSSR count). The van der Waals surface area contributed by atoms with Crippen LogP contribution in [0.4, 0.5) is 4.79 Å². The molecule has 0 spiro atoms. The number of ether oxygens (including phenoxy) is 2. The largest absolute Gasteiger partial charge is 0.513 e. The highest BCUT2D eigenvalue weighted by Gasteiger charge is 2.09. The molecule has 126 valence electrons. The lowest BCUT2D eigenvalue weighted by atomic mass is 10.2. The van der Waals surface area contributed by atoms with Crippen LogP contribution >= 0.6 is 11.6 Å². The van der Waals surface area contributed by atoms with E-state index in [0.29, 0.717) is 5.56 Å². The number of halogens is 1. The van der Waals surface area contributed by atoms with Crippen LogP contribution in [0, 0.1) is 0 Å². The Kier molecular flexibility index (Phi) is 7.90. The molecule has 2 N–H and O–H groups in total. The molecular weight excluding hydrogens is 324 g/mol. The maximum absolute atomic E-state index is 11.9. The van der Waals surface area contributed by atoms with E-state index in [1.54, 1.807) is 13.8 Å². The summed E-state index contributed by atoms with van der Waals surface area (Å²) in [6.45, 7) is 4.01. The third-order valence-corrected chi connectivity index (χ3v) is 2.85.